The Balaban J connectivity index is 1.19. The SMILES string of the molecule is CCC(=O)N[C@H](Cc1ccc(NC(=O)[C@@H](NC(=O)c2ccnn2C)C2CCCCC2)cc1)C(=O)N1CCN(CC2CCCCC2)CC1. The molecule has 1 aliphatic heterocycles. The Labute approximate surface area is 279 Å². The first kappa shape index (κ1) is 34.6. The first-order valence-corrected chi connectivity index (χ1v) is 17.8. The van der Waals surface area contributed by atoms with Gasteiger partial charge in [0, 0.05) is 64.5 Å². The van der Waals surface area contributed by atoms with Gasteiger partial charge in [-0.2, -0.15) is 5.10 Å². The fourth-order valence-corrected chi connectivity index (χ4v) is 7.46. The molecule has 256 valence electrons. The highest BCUT2D eigenvalue weighted by Gasteiger charge is 2.33. The zero-order valence-electron chi connectivity index (χ0n) is 28.2. The van der Waals surface area contributed by atoms with Gasteiger partial charge in [-0.15, -0.1) is 0 Å². The molecule has 5 rings (SSSR count). The summed E-state index contributed by atoms with van der Waals surface area (Å²) in [7, 11) is 1.71. The van der Waals surface area contributed by atoms with Crippen LogP contribution in [0.5, 0.6) is 0 Å². The third kappa shape index (κ3) is 9.65. The minimum Gasteiger partial charge on any atom is -0.344 e. The Kier molecular flexibility index (Phi) is 12.4. The quantitative estimate of drug-likeness (QED) is 0.321. The molecule has 11 nitrogen and oxygen atoms in total. The maximum atomic E-state index is 13.7. The minimum absolute atomic E-state index is 0.0408. The van der Waals surface area contributed by atoms with Gasteiger partial charge >= 0.3 is 0 Å². The number of amides is 4. The van der Waals surface area contributed by atoms with Crippen molar-refractivity contribution in [3.63, 3.8) is 0 Å². The molecule has 0 unspecified atom stereocenters. The van der Waals surface area contributed by atoms with E-state index in [0.717, 1.165) is 63.2 Å². The lowest BCUT2D eigenvalue weighted by Crippen LogP contribution is -2.56. The van der Waals surface area contributed by atoms with Gasteiger partial charge in [0.2, 0.25) is 17.7 Å². The topological polar surface area (TPSA) is 129 Å². The van der Waals surface area contributed by atoms with Crippen molar-refractivity contribution in [2.45, 2.75) is 96.1 Å². The molecule has 1 aromatic heterocycles. The summed E-state index contributed by atoms with van der Waals surface area (Å²) in [6, 6.07) is 7.75. The van der Waals surface area contributed by atoms with Crippen molar-refractivity contribution in [2.75, 3.05) is 38.0 Å². The van der Waals surface area contributed by atoms with Crippen molar-refractivity contribution < 1.29 is 19.2 Å². The van der Waals surface area contributed by atoms with Crippen LogP contribution in [0.25, 0.3) is 0 Å². The van der Waals surface area contributed by atoms with E-state index in [0.29, 0.717) is 37.3 Å². The Bertz CT molecular complexity index is 1340. The summed E-state index contributed by atoms with van der Waals surface area (Å²) in [6.45, 7) is 6.00. The third-order valence-corrected chi connectivity index (χ3v) is 10.3. The molecule has 0 bridgehead atoms. The van der Waals surface area contributed by atoms with Gasteiger partial charge < -0.3 is 20.9 Å². The van der Waals surface area contributed by atoms with Crippen LogP contribution in [0.1, 0.15) is 93.6 Å². The lowest BCUT2D eigenvalue weighted by Gasteiger charge is -2.38. The molecular formula is C36H53N7O4. The highest BCUT2D eigenvalue weighted by atomic mass is 16.2. The number of nitrogens with zero attached hydrogens (tertiary/aromatic N) is 4. The van der Waals surface area contributed by atoms with E-state index in [-0.39, 0.29) is 29.5 Å². The standard InChI is InChI=1S/C36H53N7O4/c1-3-32(44)39-30(36(47)43-22-20-42(21-23-43)25-27-10-6-4-7-11-27)24-26-14-16-29(17-15-26)38-35(46)33(28-12-8-5-9-13-28)40-34(45)31-18-19-37-41(31)2/h14-19,27-28,30,33H,3-13,20-25H2,1-2H3,(H,38,46)(H,39,44)(H,40,45)/t30-,33+/m1/s1. The maximum Gasteiger partial charge on any atom is 0.270 e. The summed E-state index contributed by atoms with van der Waals surface area (Å²) < 4.78 is 1.50. The molecule has 3 N–H and O–H groups in total. The van der Waals surface area contributed by atoms with Crippen molar-refractivity contribution in [3.05, 3.63) is 47.8 Å². The number of hydrogen-bond acceptors (Lipinski definition) is 6. The highest BCUT2D eigenvalue weighted by molar-refractivity contribution is 6.00. The van der Waals surface area contributed by atoms with Crippen molar-refractivity contribution in [2.24, 2.45) is 18.9 Å². The molecule has 2 aromatic rings. The molecule has 2 saturated carbocycles. The molecule has 1 aromatic carbocycles. The first-order chi connectivity index (χ1) is 22.8. The fraction of sp³-hybridized carbons (Fsp3) is 0.639. The van der Waals surface area contributed by atoms with Crippen LogP contribution >= 0.6 is 0 Å². The minimum atomic E-state index is -0.660. The molecule has 3 fully saturated rings. The zero-order chi connectivity index (χ0) is 33.2. The van der Waals surface area contributed by atoms with Gasteiger partial charge in [-0.05, 0) is 61.3 Å². The average Bonchev–Trinajstić information content (AvgIpc) is 3.54. The van der Waals surface area contributed by atoms with Gasteiger partial charge in [0.1, 0.15) is 17.8 Å². The van der Waals surface area contributed by atoms with Crippen LogP contribution in [0, 0.1) is 11.8 Å². The molecule has 0 radical (unpaired) electrons. The van der Waals surface area contributed by atoms with Crippen molar-refractivity contribution in [1.82, 2.24) is 30.2 Å². The summed E-state index contributed by atoms with van der Waals surface area (Å²) in [4.78, 5) is 57.1. The molecular weight excluding hydrogens is 594 g/mol. The van der Waals surface area contributed by atoms with E-state index in [1.165, 1.54) is 36.8 Å². The summed E-state index contributed by atoms with van der Waals surface area (Å²) >= 11 is 0. The van der Waals surface area contributed by atoms with Crippen LogP contribution in [0.3, 0.4) is 0 Å². The van der Waals surface area contributed by atoms with Gasteiger partial charge in [0.25, 0.3) is 5.91 Å². The lowest BCUT2D eigenvalue weighted by atomic mass is 9.83. The summed E-state index contributed by atoms with van der Waals surface area (Å²) in [5.41, 5.74) is 1.91. The molecule has 47 heavy (non-hydrogen) atoms. The van der Waals surface area contributed by atoms with Crippen LogP contribution < -0.4 is 16.0 Å². The van der Waals surface area contributed by atoms with E-state index < -0.39 is 12.1 Å². The van der Waals surface area contributed by atoms with Crippen molar-refractivity contribution in [1.29, 1.82) is 0 Å². The van der Waals surface area contributed by atoms with Gasteiger partial charge in [0.05, 0.1) is 0 Å². The Hall–Kier alpha value is -3.73. The maximum absolute atomic E-state index is 13.7. The molecule has 2 heterocycles. The number of piperazine rings is 1. The second-order valence-electron chi connectivity index (χ2n) is 13.7. The molecule has 3 aliphatic rings. The van der Waals surface area contributed by atoms with Crippen LogP contribution in [-0.2, 0) is 27.9 Å². The number of aromatic nitrogens is 2. The predicted octanol–water partition coefficient (Wildman–Crippen LogP) is 3.90. The molecule has 2 aliphatic carbocycles. The number of carbonyl (C=O) groups is 4. The van der Waals surface area contributed by atoms with Gasteiger partial charge in [0.15, 0.2) is 0 Å². The second kappa shape index (κ2) is 16.9. The molecule has 11 heteroatoms. The summed E-state index contributed by atoms with van der Waals surface area (Å²) in [5, 5.41) is 13.0. The zero-order valence-corrected chi connectivity index (χ0v) is 28.2. The number of anilines is 1. The Morgan fingerprint density at radius 1 is 0.851 bits per heavy atom. The molecule has 0 spiro atoms. The third-order valence-electron chi connectivity index (χ3n) is 10.3. The molecule has 1 saturated heterocycles. The summed E-state index contributed by atoms with van der Waals surface area (Å²) in [6.07, 6.45) is 13.9. The van der Waals surface area contributed by atoms with E-state index in [1.54, 1.807) is 26.2 Å². The van der Waals surface area contributed by atoms with Gasteiger partial charge in [-0.1, -0.05) is 57.6 Å². The van der Waals surface area contributed by atoms with Crippen LogP contribution in [0.4, 0.5) is 5.69 Å². The Morgan fingerprint density at radius 3 is 2.13 bits per heavy atom. The lowest BCUT2D eigenvalue weighted by molar-refractivity contribution is -0.138. The van der Waals surface area contributed by atoms with Gasteiger partial charge in [-0.25, -0.2) is 0 Å². The fourth-order valence-electron chi connectivity index (χ4n) is 7.46. The van der Waals surface area contributed by atoms with Crippen LogP contribution in [-0.4, -0.2) is 88.0 Å². The van der Waals surface area contributed by atoms with Crippen molar-refractivity contribution in [3.8, 4) is 0 Å². The average molecular weight is 648 g/mol. The predicted molar refractivity (Wildman–Crippen MR) is 182 cm³/mol. The smallest absolute Gasteiger partial charge is 0.270 e. The van der Waals surface area contributed by atoms with Crippen LogP contribution in [0.15, 0.2) is 36.5 Å². The van der Waals surface area contributed by atoms with E-state index >= 15 is 0 Å². The largest absolute Gasteiger partial charge is 0.344 e. The highest BCUT2D eigenvalue weighted by Crippen LogP contribution is 2.28. The van der Waals surface area contributed by atoms with E-state index in [1.807, 2.05) is 29.2 Å². The number of rotatable bonds is 12. The monoisotopic (exact) mass is 647 g/mol. The Morgan fingerprint density at radius 2 is 1.51 bits per heavy atom. The van der Waals surface area contributed by atoms with E-state index in [9.17, 15) is 19.2 Å². The summed E-state index contributed by atoms with van der Waals surface area (Å²) in [5.74, 6) is 0.0842. The normalized spacial score (nSPS) is 19.5. The number of carbonyl (C=O) groups excluding carboxylic acids is 4. The number of nitrogens with one attached hydrogen (secondary N) is 3. The van der Waals surface area contributed by atoms with Crippen molar-refractivity contribution >= 4 is 29.3 Å². The molecule has 4 amide bonds. The number of hydrogen-bond donors (Lipinski definition) is 3. The number of aryl methyl sites for hydroxylation is 1. The van der Waals surface area contributed by atoms with Crippen LogP contribution in [0.2, 0.25) is 0 Å². The number of benzene rings is 1. The van der Waals surface area contributed by atoms with E-state index in [4.69, 9.17) is 0 Å². The van der Waals surface area contributed by atoms with Gasteiger partial charge in [-0.3, -0.25) is 28.8 Å². The van der Waals surface area contributed by atoms with E-state index in [2.05, 4.69) is 25.9 Å². The second-order valence-corrected chi connectivity index (χ2v) is 13.7. The first-order valence-electron chi connectivity index (χ1n) is 17.8. The molecule has 2 atom stereocenters.